The lowest BCUT2D eigenvalue weighted by Crippen LogP contribution is -2.45. The first-order valence-corrected chi connectivity index (χ1v) is 6.85. The highest BCUT2D eigenvalue weighted by Gasteiger charge is 2.46. The highest BCUT2D eigenvalue weighted by molar-refractivity contribution is 5.77. The second-order valence-electron chi connectivity index (χ2n) is 5.29. The maximum atomic E-state index is 11.9. The van der Waals surface area contributed by atoms with Gasteiger partial charge in [0.25, 0.3) is 0 Å². The van der Waals surface area contributed by atoms with E-state index in [0.717, 1.165) is 19.4 Å². The zero-order valence-electron chi connectivity index (χ0n) is 11.2. The van der Waals surface area contributed by atoms with Gasteiger partial charge in [0.1, 0.15) is 6.04 Å². The molecule has 1 heterocycles. The van der Waals surface area contributed by atoms with E-state index in [2.05, 4.69) is 41.3 Å². The Labute approximate surface area is 113 Å². The Morgan fingerprint density at radius 3 is 2.84 bits per heavy atom. The zero-order valence-corrected chi connectivity index (χ0v) is 11.2. The van der Waals surface area contributed by atoms with Gasteiger partial charge in [0.05, 0.1) is 7.11 Å². The van der Waals surface area contributed by atoms with Gasteiger partial charge in [-0.25, -0.2) is 0 Å². The van der Waals surface area contributed by atoms with Crippen molar-refractivity contribution < 1.29 is 9.53 Å². The molecule has 1 fully saturated rings. The largest absolute Gasteiger partial charge is 0.468 e. The molecule has 0 amide bonds. The Morgan fingerprint density at radius 2 is 2.11 bits per heavy atom. The summed E-state index contributed by atoms with van der Waals surface area (Å²) in [5, 5.41) is 0. The van der Waals surface area contributed by atoms with Gasteiger partial charge in [0.2, 0.25) is 0 Å². The van der Waals surface area contributed by atoms with E-state index < -0.39 is 0 Å². The molecule has 2 aliphatic rings. The smallest absolute Gasteiger partial charge is 0.323 e. The van der Waals surface area contributed by atoms with Gasteiger partial charge < -0.3 is 4.74 Å². The molecule has 0 aromatic heterocycles. The monoisotopic (exact) mass is 257 g/mol. The van der Waals surface area contributed by atoms with Crippen LogP contribution in [0.1, 0.15) is 12.0 Å². The van der Waals surface area contributed by atoms with Gasteiger partial charge in [0, 0.05) is 18.5 Å². The number of hydrogen-bond donors (Lipinski definition) is 0. The van der Waals surface area contributed by atoms with E-state index in [4.69, 9.17) is 4.74 Å². The quantitative estimate of drug-likeness (QED) is 0.610. The second-order valence-corrected chi connectivity index (χ2v) is 5.29. The van der Waals surface area contributed by atoms with Gasteiger partial charge in [-0.2, -0.15) is 0 Å². The Balaban J connectivity index is 1.69. The van der Waals surface area contributed by atoms with E-state index in [1.807, 2.05) is 6.07 Å². The molecule has 1 aliphatic carbocycles. The molecule has 0 spiro atoms. The summed E-state index contributed by atoms with van der Waals surface area (Å²) in [5.74, 6) is 0.248. The summed E-state index contributed by atoms with van der Waals surface area (Å²) >= 11 is 0. The number of esters is 1. The minimum atomic E-state index is -0.0927. The summed E-state index contributed by atoms with van der Waals surface area (Å²) in [7, 11) is 1.48. The van der Waals surface area contributed by atoms with Crippen LogP contribution in [0.5, 0.6) is 0 Å². The molecule has 3 nitrogen and oxygen atoms in total. The van der Waals surface area contributed by atoms with E-state index in [9.17, 15) is 4.79 Å². The average molecular weight is 257 g/mol. The fourth-order valence-electron chi connectivity index (χ4n) is 3.28. The molecule has 1 aliphatic heterocycles. The lowest BCUT2D eigenvalue weighted by molar-refractivity contribution is -0.147. The highest BCUT2D eigenvalue weighted by Crippen LogP contribution is 2.37. The van der Waals surface area contributed by atoms with Crippen LogP contribution < -0.4 is 0 Å². The van der Waals surface area contributed by atoms with Crippen LogP contribution in [0, 0.1) is 5.92 Å². The SMILES string of the molecule is COC(=O)[C@@H]1C2C=CC(C2)N1CCc1ccccc1. The summed E-state index contributed by atoms with van der Waals surface area (Å²) in [6.07, 6.45) is 6.44. The first kappa shape index (κ1) is 12.4. The van der Waals surface area contributed by atoms with Crippen molar-refractivity contribution in [3.63, 3.8) is 0 Å². The number of nitrogens with zero attached hydrogens (tertiary/aromatic N) is 1. The third-order valence-corrected chi connectivity index (χ3v) is 4.23. The van der Waals surface area contributed by atoms with Gasteiger partial charge in [-0.15, -0.1) is 0 Å². The van der Waals surface area contributed by atoms with Crippen molar-refractivity contribution in [1.29, 1.82) is 0 Å². The van der Waals surface area contributed by atoms with Crippen LogP contribution in [0.3, 0.4) is 0 Å². The van der Waals surface area contributed by atoms with Crippen molar-refractivity contribution >= 4 is 5.97 Å². The number of hydrogen-bond acceptors (Lipinski definition) is 3. The number of carbonyl (C=O) groups excluding carboxylic acids is 1. The third kappa shape index (κ3) is 2.30. The van der Waals surface area contributed by atoms with Crippen molar-refractivity contribution in [2.24, 2.45) is 5.92 Å². The Bertz CT molecular complexity index is 483. The Hall–Kier alpha value is -1.61. The predicted molar refractivity (Wildman–Crippen MR) is 73.7 cm³/mol. The molecule has 19 heavy (non-hydrogen) atoms. The molecule has 1 aromatic rings. The molecule has 100 valence electrons. The molecule has 0 saturated carbocycles. The summed E-state index contributed by atoms with van der Waals surface area (Å²) < 4.78 is 4.95. The van der Waals surface area contributed by atoms with Gasteiger partial charge >= 0.3 is 5.97 Å². The van der Waals surface area contributed by atoms with Gasteiger partial charge in [-0.3, -0.25) is 9.69 Å². The minimum Gasteiger partial charge on any atom is -0.468 e. The van der Waals surface area contributed by atoms with E-state index in [0.29, 0.717) is 12.0 Å². The van der Waals surface area contributed by atoms with Crippen molar-refractivity contribution in [1.82, 2.24) is 4.90 Å². The summed E-state index contributed by atoms with van der Waals surface area (Å²) in [6.45, 7) is 0.912. The van der Waals surface area contributed by atoms with Crippen LogP contribution in [0.25, 0.3) is 0 Å². The molecule has 3 heteroatoms. The normalized spacial score (nSPS) is 28.8. The zero-order chi connectivity index (χ0) is 13.2. The number of rotatable bonds is 4. The lowest BCUT2D eigenvalue weighted by atomic mass is 10.0. The summed E-state index contributed by atoms with van der Waals surface area (Å²) in [6, 6.07) is 10.8. The van der Waals surface area contributed by atoms with Gasteiger partial charge in [-0.1, -0.05) is 42.5 Å². The van der Waals surface area contributed by atoms with E-state index >= 15 is 0 Å². The van der Waals surface area contributed by atoms with Crippen molar-refractivity contribution in [3.8, 4) is 0 Å². The van der Waals surface area contributed by atoms with E-state index in [-0.39, 0.29) is 12.0 Å². The molecule has 0 radical (unpaired) electrons. The molecule has 2 unspecified atom stereocenters. The molecule has 3 atom stereocenters. The lowest BCUT2D eigenvalue weighted by Gasteiger charge is -2.30. The van der Waals surface area contributed by atoms with Gasteiger partial charge in [0.15, 0.2) is 0 Å². The molecule has 0 N–H and O–H groups in total. The highest BCUT2D eigenvalue weighted by atomic mass is 16.5. The fourth-order valence-corrected chi connectivity index (χ4v) is 3.28. The number of ether oxygens (including phenoxy) is 1. The number of benzene rings is 1. The summed E-state index contributed by atoms with van der Waals surface area (Å²) in [5.41, 5.74) is 1.32. The number of likely N-dealkylation sites (tertiary alicyclic amines) is 1. The van der Waals surface area contributed by atoms with Crippen LogP contribution in [0.2, 0.25) is 0 Å². The molecule has 1 aromatic carbocycles. The van der Waals surface area contributed by atoms with E-state index in [1.165, 1.54) is 12.7 Å². The maximum Gasteiger partial charge on any atom is 0.323 e. The predicted octanol–water partition coefficient (Wildman–Crippen LogP) is 2.03. The fraction of sp³-hybridized carbons (Fsp3) is 0.438. The standard InChI is InChI=1S/C16H19NO2/c1-19-16(18)15-13-7-8-14(11-13)17(15)10-9-12-5-3-2-4-6-12/h2-8,13-15H,9-11H2,1H3/t13?,14?,15-/m0/s1. The molecular formula is C16H19NO2. The maximum absolute atomic E-state index is 11.9. The van der Waals surface area contributed by atoms with Crippen molar-refractivity contribution in [2.75, 3.05) is 13.7 Å². The van der Waals surface area contributed by atoms with Gasteiger partial charge in [-0.05, 0) is 18.4 Å². The number of carbonyl (C=O) groups is 1. The number of methoxy groups -OCH3 is 1. The first-order chi connectivity index (χ1) is 9.29. The minimum absolute atomic E-state index is 0.0799. The van der Waals surface area contributed by atoms with Crippen LogP contribution in [-0.2, 0) is 16.0 Å². The molecular weight excluding hydrogens is 238 g/mol. The van der Waals surface area contributed by atoms with Crippen molar-refractivity contribution in [3.05, 3.63) is 48.0 Å². The number of fused-ring (bicyclic) bond motifs is 2. The second kappa shape index (κ2) is 5.17. The van der Waals surface area contributed by atoms with Crippen LogP contribution in [-0.4, -0.2) is 36.6 Å². The molecule has 1 saturated heterocycles. The van der Waals surface area contributed by atoms with E-state index in [1.54, 1.807) is 0 Å². The first-order valence-electron chi connectivity index (χ1n) is 6.85. The average Bonchev–Trinajstić information content (AvgIpc) is 3.06. The van der Waals surface area contributed by atoms with Crippen LogP contribution in [0.4, 0.5) is 0 Å². The van der Waals surface area contributed by atoms with Crippen molar-refractivity contribution in [2.45, 2.75) is 24.9 Å². The summed E-state index contributed by atoms with van der Waals surface area (Å²) in [4.78, 5) is 14.2. The van der Waals surface area contributed by atoms with Crippen LogP contribution >= 0.6 is 0 Å². The molecule has 3 rings (SSSR count). The van der Waals surface area contributed by atoms with Crippen LogP contribution in [0.15, 0.2) is 42.5 Å². The Kier molecular flexibility index (Phi) is 3.38. The Morgan fingerprint density at radius 1 is 1.32 bits per heavy atom. The topological polar surface area (TPSA) is 29.5 Å². The molecule has 2 bridgehead atoms. The third-order valence-electron chi connectivity index (χ3n) is 4.23.